The van der Waals surface area contributed by atoms with Crippen molar-refractivity contribution in [3.63, 3.8) is 0 Å². The molecule has 0 aromatic carbocycles. The second-order valence-electron chi connectivity index (χ2n) is 24.2. The molecule has 0 spiro atoms. The van der Waals surface area contributed by atoms with Gasteiger partial charge < -0.3 is 45.1 Å². The van der Waals surface area contributed by atoms with Crippen molar-refractivity contribution in [2.24, 2.45) is 0 Å². The summed E-state index contributed by atoms with van der Waals surface area (Å²) in [7, 11) is 0. The Kier molecular flexibility index (Phi) is 59.0. The number of nitrogens with one attached hydrogen (secondary N) is 1. The van der Waals surface area contributed by atoms with Crippen molar-refractivity contribution >= 4 is 11.9 Å². The summed E-state index contributed by atoms with van der Waals surface area (Å²) in [5.74, 6) is -1.22. The van der Waals surface area contributed by atoms with Crippen LogP contribution >= 0.6 is 0 Å². The summed E-state index contributed by atoms with van der Waals surface area (Å²) in [4.78, 5) is 26.7. The van der Waals surface area contributed by atoms with Crippen LogP contribution in [-0.4, -0.2) is 99.6 Å². The fourth-order valence-electron chi connectivity index (χ4n) is 10.5. The number of unbranched alkanes of at least 4 members (excludes halogenated alkanes) is 28. The molecule has 11 nitrogen and oxygen atoms in total. The molecule has 0 aromatic rings. The SMILES string of the molecule is CC/C=C\C/C=C\C/C=C\C/C=C\C/C=C\CCCCCCCCCCCCC(O)C(=O)NC(COC1OC(CO)C(O)C(O)C1OC(=O)CCCCCCC/C=C\C/C=C\C/C=C\C/C=C\CCCCC)C(O)/C=C/CCCCCCCCCCCC. The Hall–Kier alpha value is -3.94. The lowest BCUT2D eigenvalue weighted by molar-refractivity contribution is -0.305. The van der Waals surface area contributed by atoms with E-state index in [1.54, 1.807) is 6.08 Å². The number of allylic oxidation sites excluding steroid dienone is 19. The molecule has 0 aromatic heterocycles. The molecule has 1 amide bonds. The molecule has 88 heavy (non-hydrogen) atoms. The third-order valence-corrected chi connectivity index (χ3v) is 16.1. The maximum absolute atomic E-state index is 13.5. The Morgan fingerprint density at radius 3 is 1.25 bits per heavy atom. The highest BCUT2D eigenvalue weighted by atomic mass is 16.7. The average molecular weight is 1230 g/mol. The number of esters is 1. The highest BCUT2D eigenvalue weighted by Gasteiger charge is 2.47. The van der Waals surface area contributed by atoms with Gasteiger partial charge in [0, 0.05) is 6.42 Å². The first-order valence-corrected chi connectivity index (χ1v) is 35.8. The molecular formula is C77H131NO10. The number of hydrogen-bond acceptors (Lipinski definition) is 10. The van der Waals surface area contributed by atoms with Gasteiger partial charge in [0.05, 0.1) is 25.4 Å². The van der Waals surface area contributed by atoms with Gasteiger partial charge in [0.25, 0.3) is 0 Å². The lowest BCUT2D eigenvalue weighted by Crippen LogP contribution is -2.61. The van der Waals surface area contributed by atoms with Crippen molar-refractivity contribution in [2.45, 2.75) is 339 Å². The molecule has 1 saturated heterocycles. The molecule has 0 saturated carbocycles. The molecule has 504 valence electrons. The van der Waals surface area contributed by atoms with E-state index in [0.29, 0.717) is 12.8 Å². The second kappa shape index (κ2) is 63.2. The van der Waals surface area contributed by atoms with Crippen LogP contribution in [0, 0.1) is 0 Å². The van der Waals surface area contributed by atoms with E-state index in [4.69, 9.17) is 14.2 Å². The molecule has 1 aliphatic heterocycles. The maximum atomic E-state index is 13.5. The van der Waals surface area contributed by atoms with Crippen molar-refractivity contribution in [1.82, 2.24) is 5.32 Å². The summed E-state index contributed by atoms with van der Waals surface area (Å²) < 4.78 is 17.7. The average Bonchev–Trinajstić information content (AvgIpc) is 1.25. The number of ether oxygens (including phenoxy) is 3. The van der Waals surface area contributed by atoms with E-state index in [1.165, 1.54) is 116 Å². The van der Waals surface area contributed by atoms with Gasteiger partial charge >= 0.3 is 5.97 Å². The van der Waals surface area contributed by atoms with E-state index in [1.807, 2.05) is 6.08 Å². The molecule has 0 bridgehead atoms. The highest BCUT2D eigenvalue weighted by Crippen LogP contribution is 2.26. The first-order chi connectivity index (χ1) is 43.2. The van der Waals surface area contributed by atoms with E-state index >= 15 is 0 Å². The van der Waals surface area contributed by atoms with Gasteiger partial charge in [0.15, 0.2) is 12.4 Å². The zero-order valence-corrected chi connectivity index (χ0v) is 56.1. The van der Waals surface area contributed by atoms with Crippen LogP contribution in [0.4, 0.5) is 0 Å². The minimum atomic E-state index is -1.63. The summed E-state index contributed by atoms with van der Waals surface area (Å²) in [5, 5.41) is 57.3. The third-order valence-electron chi connectivity index (χ3n) is 16.1. The van der Waals surface area contributed by atoms with Crippen LogP contribution < -0.4 is 5.32 Å². The number of aliphatic hydroxyl groups excluding tert-OH is 5. The minimum Gasteiger partial charge on any atom is -0.454 e. The molecule has 8 unspecified atom stereocenters. The Labute approximate surface area is 538 Å². The molecular weight excluding hydrogens is 1100 g/mol. The van der Waals surface area contributed by atoms with Crippen LogP contribution in [0.15, 0.2) is 122 Å². The zero-order valence-electron chi connectivity index (χ0n) is 56.1. The Morgan fingerprint density at radius 2 is 0.818 bits per heavy atom. The number of aliphatic hydroxyl groups is 5. The highest BCUT2D eigenvalue weighted by molar-refractivity contribution is 5.80. The summed E-state index contributed by atoms with van der Waals surface area (Å²) >= 11 is 0. The van der Waals surface area contributed by atoms with Gasteiger partial charge in [0.2, 0.25) is 5.91 Å². The molecule has 1 fully saturated rings. The minimum absolute atomic E-state index is 0.0969. The van der Waals surface area contributed by atoms with Crippen LogP contribution in [-0.2, 0) is 23.8 Å². The molecule has 1 rings (SSSR count). The van der Waals surface area contributed by atoms with Gasteiger partial charge in [-0.05, 0) is 116 Å². The smallest absolute Gasteiger partial charge is 0.306 e. The molecule has 0 aliphatic carbocycles. The van der Waals surface area contributed by atoms with E-state index in [0.717, 1.165) is 128 Å². The van der Waals surface area contributed by atoms with Gasteiger partial charge in [-0.2, -0.15) is 0 Å². The van der Waals surface area contributed by atoms with Crippen molar-refractivity contribution in [3.8, 4) is 0 Å². The van der Waals surface area contributed by atoms with Gasteiger partial charge in [-0.3, -0.25) is 9.59 Å². The van der Waals surface area contributed by atoms with E-state index in [2.05, 4.69) is 135 Å². The monoisotopic (exact) mass is 1230 g/mol. The molecule has 1 heterocycles. The number of rotatable bonds is 60. The summed E-state index contributed by atoms with van der Waals surface area (Å²) in [5.41, 5.74) is 0. The van der Waals surface area contributed by atoms with E-state index < -0.39 is 67.4 Å². The van der Waals surface area contributed by atoms with E-state index in [9.17, 15) is 35.1 Å². The van der Waals surface area contributed by atoms with Gasteiger partial charge in [-0.25, -0.2) is 0 Å². The van der Waals surface area contributed by atoms with Crippen molar-refractivity contribution in [2.75, 3.05) is 13.2 Å². The maximum Gasteiger partial charge on any atom is 0.306 e. The topological polar surface area (TPSA) is 175 Å². The lowest BCUT2D eigenvalue weighted by Gasteiger charge is -2.41. The first-order valence-electron chi connectivity index (χ1n) is 35.8. The standard InChI is InChI=1S/C77H131NO10/c1-4-7-10-13-16-19-22-25-27-29-31-33-34-35-36-37-39-40-42-44-46-49-52-55-58-61-64-70(81)76(85)78-68(69(80)63-60-57-54-51-48-24-21-18-15-12-9-6-3)67-86-77-75(74(84)73(83)71(66-79)87-77)88-72(82)65-62-59-56-53-50-47-45-43-41-38-32-30-28-26-23-20-17-14-11-8-5-2/h7,10,16-17,19-20,25-28,31-33,35-36,38,43,45,60,63,68-71,73-75,77,79-81,83-84H,4-6,8-9,11-15,18,21-24,29-30,34,37,39-42,44,46-59,61-62,64-67H2,1-3H3,(H,78,85)/b10-7-,19-16-,20-17-,27-25-,28-26-,33-31-,36-35-,38-32-,45-43-,63-60+. The molecule has 8 atom stereocenters. The number of carbonyl (C=O) groups excluding carboxylic acids is 2. The van der Waals surface area contributed by atoms with Crippen LogP contribution in [0.2, 0.25) is 0 Å². The fourth-order valence-corrected chi connectivity index (χ4v) is 10.5. The Morgan fingerprint density at radius 1 is 0.455 bits per heavy atom. The molecule has 11 heteroatoms. The third kappa shape index (κ3) is 49.8. The Balaban J connectivity index is 2.59. The quantitative estimate of drug-likeness (QED) is 0.0195. The van der Waals surface area contributed by atoms with Crippen LogP contribution in [0.3, 0.4) is 0 Å². The lowest BCUT2D eigenvalue weighted by atomic mass is 9.99. The van der Waals surface area contributed by atoms with E-state index in [-0.39, 0.29) is 19.4 Å². The normalized spacial score (nSPS) is 18.9. The van der Waals surface area contributed by atoms with Crippen LogP contribution in [0.25, 0.3) is 0 Å². The van der Waals surface area contributed by atoms with Crippen LogP contribution in [0.1, 0.15) is 290 Å². The molecule has 1 aliphatic rings. The second-order valence-corrected chi connectivity index (χ2v) is 24.2. The van der Waals surface area contributed by atoms with Gasteiger partial charge in [-0.15, -0.1) is 0 Å². The fraction of sp³-hybridized carbons (Fsp3) is 0.714. The summed E-state index contributed by atoms with van der Waals surface area (Å²) in [6.45, 7) is 5.65. The summed E-state index contributed by atoms with van der Waals surface area (Å²) in [6.07, 6.45) is 78.0. The van der Waals surface area contributed by atoms with Crippen molar-refractivity contribution in [3.05, 3.63) is 122 Å². The van der Waals surface area contributed by atoms with Gasteiger partial charge in [0.1, 0.15) is 24.4 Å². The number of hydrogen-bond donors (Lipinski definition) is 6. The predicted molar refractivity (Wildman–Crippen MR) is 370 cm³/mol. The number of carbonyl (C=O) groups is 2. The Bertz CT molecular complexity index is 1900. The number of amides is 1. The predicted octanol–water partition coefficient (Wildman–Crippen LogP) is 18.6. The zero-order chi connectivity index (χ0) is 63.9. The van der Waals surface area contributed by atoms with Crippen molar-refractivity contribution < 1.29 is 49.3 Å². The molecule has 6 N–H and O–H groups in total. The first kappa shape index (κ1) is 82.1. The van der Waals surface area contributed by atoms with Gasteiger partial charge in [-0.1, -0.05) is 290 Å². The summed E-state index contributed by atoms with van der Waals surface area (Å²) in [6, 6.07) is -1.04. The van der Waals surface area contributed by atoms with Crippen molar-refractivity contribution in [1.29, 1.82) is 0 Å². The molecule has 0 radical (unpaired) electrons. The largest absolute Gasteiger partial charge is 0.454 e. The van der Waals surface area contributed by atoms with Crippen LogP contribution in [0.5, 0.6) is 0 Å².